The number of hydrogen-bond donors (Lipinski definition) is 1. The highest BCUT2D eigenvalue weighted by Crippen LogP contribution is 2.17. The average Bonchev–Trinajstić information content (AvgIpc) is 2.38. The summed E-state index contributed by atoms with van der Waals surface area (Å²) in [7, 11) is -3.84. The summed E-state index contributed by atoms with van der Waals surface area (Å²) in [5.41, 5.74) is 0. The van der Waals surface area contributed by atoms with Gasteiger partial charge in [0.2, 0.25) is 0 Å². The molecule has 0 amide bonds. The van der Waals surface area contributed by atoms with E-state index in [9.17, 15) is 8.42 Å². The van der Waals surface area contributed by atoms with Crippen molar-refractivity contribution in [2.75, 3.05) is 0 Å². The third kappa shape index (κ3) is 1.26. The molecule has 4 nitrogen and oxygen atoms in total. The maximum atomic E-state index is 10.6. The monoisotopic (exact) mass is 162 g/mol. The predicted octanol–water partition coefficient (Wildman–Crippen LogP) is 0.650. The van der Waals surface area contributed by atoms with Crippen molar-refractivity contribution in [2.45, 2.75) is 6.42 Å². The van der Waals surface area contributed by atoms with Crippen molar-refractivity contribution in [2.24, 2.45) is 0 Å². The molecule has 0 heterocycles. The van der Waals surface area contributed by atoms with Gasteiger partial charge in [-0.3, -0.25) is 0 Å². The zero-order valence-corrected chi connectivity index (χ0v) is 5.84. The summed E-state index contributed by atoms with van der Waals surface area (Å²) >= 11 is 0. The Morgan fingerprint density at radius 3 is 2.70 bits per heavy atom. The first kappa shape index (κ1) is 7.46. The first-order chi connectivity index (χ1) is 4.67. The van der Waals surface area contributed by atoms with Crippen LogP contribution in [0.4, 0.5) is 0 Å². The van der Waals surface area contributed by atoms with Gasteiger partial charge >= 0.3 is 10.1 Å². The summed E-state index contributed by atoms with van der Waals surface area (Å²) in [6.07, 6.45) is 4.92. The topological polar surface area (TPSA) is 63.6 Å². The van der Waals surface area contributed by atoms with Crippen LogP contribution in [0.25, 0.3) is 0 Å². The van der Waals surface area contributed by atoms with Gasteiger partial charge in [-0.25, -0.2) is 5.26 Å². The first-order valence-electron chi connectivity index (χ1n) is 2.60. The summed E-state index contributed by atoms with van der Waals surface area (Å²) in [5, 5.41) is 7.90. The summed E-state index contributed by atoms with van der Waals surface area (Å²) < 4.78 is 24.5. The van der Waals surface area contributed by atoms with Gasteiger partial charge in [-0.15, -0.1) is 4.33 Å². The van der Waals surface area contributed by atoms with Gasteiger partial charge in [0.1, 0.15) is 0 Å². The molecule has 1 aliphatic rings. The zero-order valence-electron chi connectivity index (χ0n) is 5.02. The molecule has 0 fully saturated rings. The Morgan fingerprint density at radius 2 is 2.30 bits per heavy atom. The molecule has 1 N–H and O–H groups in total. The molecule has 1 rings (SSSR count). The van der Waals surface area contributed by atoms with Crippen LogP contribution in [-0.4, -0.2) is 13.7 Å². The highest BCUT2D eigenvalue weighted by atomic mass is 32.2. The predicted molar refractivity (Wildman–Crippen MR) is 34.5 cm³/mol. The van der Waals surface area contributed by atoms with Crippen molar-refractivity contribution in [3.63, 3.8) is 0 Å². The molecule has 0 atom stereocenters. The third-order valence-corrected chi connectivity index (χ3v) is 2.30. The van der Waals surface area contributed by atoms with Crippen LogP contribution in [0, 0.1) is 0 Å². The molecule has 0 spiro atoms. The Morgan fingerprint density at radius 1 is 1.60 bits per heavy atom. The molecule has 5 heteroatoms. The molecule has 0 saturated heterocycles. The fourth-order valence-corrected chi connectivity index (χ4v) is 1.30. The van der Waals surface area contributed by atoms with E-state index < -0.39 is 10.1 Å². The Balaban J connectivity index is 2.87. The summed E-state index contributed by atoms with van der Waals surface area (Å²) in [5.74, 6) is 0. The van der Waals surface area contributed by atoms with Crippen LogP contribution in [0.15, 0.2) is 23.1 Å². The summed E-state index contributed by atoms with van der Waals surface area (Å²) in [4.78, 5) is 0.0787. The minimum atomic E-state index is -3.84. The third-order valence-electron chi connectivity index (χ3n) is 1.16. The van der Waals surface area contributed by atoms with Gasteiger partial charge in [0.25, 0.3) is 0 Å². The van der Waals surface area contributed by atoms with E-state index in [0.29, 0.717) is 6.42 Å². The van der Waals surface area contributed by atoms with Crippen molar-refractivity contribution in [1.29, 1.82) is 0 Å². The van der Waals surface area contributed by atoms with E-state index in [0.717, 1.165) is 0 Å². The highest BCUT2D eigenvalue weighted by molar-refractivity contribution is 7.90. The molecule has 0 radical (unpaired) electrons. The second kappa shape index (κ2) is 2.53. The normalized spacial score (nSPS) is 17.5. The number of rotatable bonds is 2. The number of hydrogen-bond acceptors (Lipinski definition) is 4. The van der Waals surface area contributed by atoms with Gasteiger partial charge in [-0.2, -0.15) is 8.42 Å². The standard InChI is InChI=1S/C5H6O4S/c6-9-10(7,8)5-3-1-2-4-5/h1-3,6H,4H2. The van der Waals surface area contributed by atoms with Gasteiger partial charge in [0, 0.05) is 6.42 Å². The lowest BCUT2D eigenvalue weighted by atomic mass is 10.5. The van der Waals surface area contributed by atoms with Crippen LogP contribution in [-0.2, 0) is 14.5 Å². The van der Waals surface area contributed by atoms with Crippen LogP contribution < -0.4 is 0 Å². The van der Waals surface area contributed by atoms with Crippen molar-refractivity contribution >= 4 is 10.1 Å². The fraction of sp³-hybridized carbons (Fsp3) is 0.200. The van der Waals surface area contributed by atoms with Gasteiger partial charge in [-0.1, -0.05) is 12.2 Å². The molecule has 0 aromatic rings. The van der Waals surface area contributed by atoms with E-state index >= 15 is 0 Å². The quantitative estimate of drug-likeness (QED) is 0.478. The van der Waals surface area contributed by atoms with E-state index in [2.05, 4.69) is 4.33 Å². The van der Waals surface area contributed by atoms with E-state index in [1.54, 1.807) is 12.2 Å². The highest BCUT2D eigenvalue weighted by Gasteiger charge is 2.18. The number of allylic oxidation sites excluding steroid dienone is 4. The molecule has 0 saturated carbocycles. The van der Waals surface area contributed by atoms with Crippen molar-refractivity contribution in [1.82, 2.24) is 0 Å². The maximum absolute atomic E-state index is 10.6. The molecule has 0 aromatic carbocycles. The van der Waals surface area contributed by atoms with Crippen molar-refractivity contribution < 1.29 is 18.0 Å². The van der Waals surface area contributed by atoms with Gasteiger partial charge < -0.3 is 0 Å². The molecule has 0 aliphatic heterocycles. The lowest BCUT2D eigenvalue weighted by Gasteiger charge is -1.96. The van der Waals surface area contributed by atoms with Gasteiger partial charge in [-0.05, 0) is 6.08 Å². The van der Waals surface area contributed by atoms with E-state index in [4.69, 9.17) is 5.26 Å². The lowest BCUT2D eigenvalue weighted by Crippen LogP contribution is -2.03. The minimum Gasteiger partial charge on any atom is -0.235 e. The molecule has 10 heavy (non-hydrogen) atoms. The van der Waals surface area contributed by atoms with Crippen LogP contribution in [0.2, 0.25) is 0 Å². The maximum Gasteiger partial charge on any atom is 0.319 e. The van der Waals surface area contributed by atoms with Crippen molar-refractivity contribution in [3.8, 4) is 0 Å². The van der Waals surface area contributed by atoms with Gasteiger partial charge in [0.05, 0.1) is 4.91 Å². The summed E-state index contributed by atoms with van der Waals surface area (Å²) in [6, 6.07) is 0. The SMILES string of the molecule is O=S(=O)(OO)C1=CC=CC1. The van der Waals surface area contributed by atoms with E-state index in [-0.39, 0.29) is 4.91 Å². The Bertz CT molecular complexity index is 272. The molecule has 56 valence electrons. The largest absolute Gasteiger partial charge is 0.319 e. The Hall–Kier alpha value is -0.650. The lowest BCUT2D eigenvalue weighted by molar-refractivity contribution is -0.129. The van der Waals surface area contributed by atoms with Crippen LogP contribution in [0.3, 0.4) is 0 Å². The first-order valence-corrected chi connectivity index (χ1v) is 4.01. The smallest absolute Gasteiger partial charge is 0.235 e. The van der Waals surface area contributed by atoms with Crippen molar-refractivity contribution in [3.05, 3.63) is 23.1 Å². The molecule has 0 bridgehead atoms. The zero-order chi connectivity index (χ0) is 7.61. The Kier molecular flexibility index (Phi) is 1.89. The van der Waals surface area contributed by atoms with Gasteiger partial charge in [0.15, 0.2) is 0 Å². The molecular formula is C5H6O4S. The van der Waals surface area contributed by atoms with Crippen LogP contribution in [0.5, 0.6) is 0 Å². The fourth-order valence-electron chi connectivity index (χ4n) is 0.661. The molecule has 0 unspecified atom stereocenters. The molecular weight excluding hydrogens is 156 g/mol. The minimum absolute atomic E-state index is 0.0787. The van der Waals surface area contributed by atoms with E-state index in [1.165, 1.54) is 6.08 Å². The summed E-state index contributed by atoms with van der Waals surface area (Å²) in [6.45, 7) is 0. The average molecular weight is 162 g/mol. The van der Waals surface area contributed by atoms with E-state index in [1.807, 2.05) is 0 Å². The second-order valence-corrected chi connectivity index (χ2v) is 3.38. The second-order valence-electron chi connectivity index (χ2n) is 1.79. The van der Waals surface area contributed by atoms with Crippen LogP contribution in [0.1, 0.15) is 6.42 Å². The molecule has 0 aromatic heterocycles. The molecule has 1 aliphatic carbocycles. The Labute approximate surface area is 58.5 Å². The van der Waals surface area contributed by atoms with Crippen LogP contribution >= 0.6 is 0 Å².